The highest BCUT2D eigenvalue weighted by Gasteiger charge is 2.38. The zero-order valence-electron chi connectivity index (χ0n) is 22.4. The molecule has 0 aliphatic carbocycles. The molecule has 3 aromatic rings. The minimum Gasteiger partial charge on any atom is -0.482 e. The number of aliphatic hydroxyl groups excluding tert-OH is 1. The lowest BCUT2D eigenvalue weighted by Gasteiger charge is -2.44. The van der Waals surface area contributed by atoms with E-state index in [9.17, 15) is 28.3 Å². The molecule has 2 heterocycles. The molecule has 2 N–H and O–H groups in total. The van der Waals surface area contributed by atoms with Crippen molar-refractivity contribution in [3.05, 3.63) is 124 Å². The number of aliphatic hydroxyl groups is 1. The highest BCUT2D eigenvalue weighted by atomic mass is 19.1. The van der Waals surface area contributed by atoms with Gasteiger partial charge in [0.1, 0.15) is 30.5 Å². The van der Waals surface area contributed by atoms with Crippen molar-refractivity contribution in [3.63, 3.8) is 0 Å². The van der Waals surface area contributed by atoms with E-state index >= 15 is 0 Å². The van der Waals surface area contributed by atoms with Crippen LogP contribution in [0.5, 0.6) is 5.75 Å². The number of ether oxygens (including phenoxy) is 1. The van der Waals surface area contributed by atoms with Gasteiger partial charge in [0.05, 0.1) is 18.7 Å². The maximum absolute atomic E-state index is 14.2. The second-order valence-electron chi connectivity index (χ2n) is 9.40. The lowest BCUT2D eigenvalue weighted by atomic mass is 10.1. The first-order valence-electron chi connectivity index (χ1n) is 12.8. The van der Waals surface area contributed by atoms with Gasteiger partial charge in [-0.15, -0.1) is 13.2 Å². The molecule has 1 aliphatic rings. The van der Waals surface area contributed by atoms with E-state index < -0.39 is 47.6 Å². The molecule has 0 radical (unpaired) electrons. The van der Waals surface area contributed by atoms with E-state index in [1.807, 2.05) is 6.07 Å². The van der Waals surface area contributed by atoms with Crippen LogP contribution in [-0.4, -0.2) is 51.9 Å². The number of carbonyl (C=O) groups is 2. The van der Waals surface area contributed by atoms with Crippen molar-refractivity contribution in [2.24, 2.45) is 0 Å². The van der Waals surface area contributed by atoms with Crippen molar-refractivity contribution in [3.8, 4) is 5.75 Å². The van der Waals surface area contributed by atoms with Crippen molar-refractivity contribution < 1.29 is 28.2 Å². The number of benzene rings is 2. The third-order valence-electron chi connectivity index (χ3n) is 6.78. The minimum absolute atomic E-state index is 0.0190. The highest BCUT2D eigenvalue weighted by molar-refractivity contribution is 5.99. The SMILES string of the molecule is C=CC(CO)N1CN(C(C)C=C)n2cc(C(=O)NCc3ccc(F)cc3F)c(=O)c(OCc3ccccc3)c2C1=O. The molecule has 2 aromatic carbocycles. The molecule has 2 amide bonds. The van der Waals surface area contributed by atoms with Crippen molar-refractivity contribution in [2.75, 3.05) is 18.3 Å². The average Bonchev–Trinajstić information content (AvgIpc) is 2.97. The molecule has 41 heavy (non-hydrogen) atoms. The van der Waals surface area contributed by atoms with Gasteiger partial charge in [0.25, 0.3) is 11.8 Å². The Kier molecular flexibility index (Phi) is 8.98. The van der Waals surface area contributed by atoms with Crippen molar-refractivity contribution in [1.29, 1.82) is 0 Å². The Balaban J connectivity index is 1.82. The summed E-state index contributed by atoms with van der Waals surface area (Å²) >= 11 is 0. The molecule has 0 saturated carbocycles. The second-order valence-corrected chi connectivity index (χ2v) is 9.40. The van der Waals surface area contributed by atoms with Gasteiger partial charge in [-0.3, -0.25) is 24.1 Å². The van der Waals surface area contributed by atoms with Crippen LogP contribution in [0.1, 0.15) is 38.9 Å². The standard InChI is InChI=1S/C30H30F2N4O5/c1-4-19(3)36-18-34(23(5-2)16-37)30(40)26-28(41-17-20-9-7-6-8-10-20)27(38)24(15-35(26)36)29(39)33-14-21-11-12-22(31)13-25(21)32/h4-13,15,19,23,37H,1-2,14,16-18H2,3H3,(H,33,39). The van der Waals surface area contributed by atoms with Gasteiger partial charge in [0.2, 0.25) is 5.43 Å². The molecular formula is C30H30F2N4O5. The predicted molar refractivity (Wildman–Crippen MR) is 149 cm³/mol. The van der Waals surface area contributed by atoms with E-state index in [0.717, 1.165) is 6.07 Å². The Bertz CT molecular complexity index is 1530. The Morgan fingerprint density at radius 1 is 1.15 bits per heavy atom. The van der Waals surface area contributed by atoms with E-state index in [1.54, 1.807) is 42.3 Å². The normalized spacial score (nSPS) is 14.2. The maximum Gasteiger partial charge on any atom is 0.278 e. The number of pyridine rings is 1. The number of rotatable bonds is 11. The molecule has 1 aliphatic heterocycles. The van der Waals surface area contributed by atoms with Gasteiger partial charge in [0, 0.05) is 24.4 Å². The second kappa shape index (κ2) is 12.6. The van der Waals surface area contributed by atoms with E-state index in [1.165, 1.54) is 27.9 Å². The zero-order valence-corrected chi connectivity index (χ0v) is 22.4. The molecule has 0 spiro atoms. The van der Waals surface area contributed by atoms with E-state index in [-0.39, 0.29) is 42.4 Å². The number of fused-ring (bicyclic) bond motifs is 1. The minimum atomic E-state index is -0.857. The number of hydrogen-bond acceptors (Lipinski definition) is 6. The van der Waals surface area contributed by atoms with Gasteiger partial charge in [-0.2, -0.15) is 0 Å². The smallest absolute Gasteiger partial charge is 0.278 e. The summed E-state index contributed by atoms with van der Waals surface area (Å²) in [5.41, 5.74) is -0.630. The summed E-state index contributed by atoms with van der Waals surface area (Å²) in [6, 6.07) is 10.7. The van der Waals surface area contributed by atoms with Crippen LogP contribution >= 0.6 is 0 Å². The fourth-order valence-corrected chi connectivity index (χ4v) is 4.37. The van der Waals surface area contributed by atoms with Gasteiger partial charge >= 0.3 is 0 Å². The number of nitrogens with one attached hydrogen (secondary N) is 1. The van der Waals surface area contributed by atoms with E-state index in [0.29, 0.717) is 11.6 Å². The molecular weight excluding hydrogens is 534 g/mol. The Hall–Kier alpha value is -4.77. The summed E-state index contributed by atoms with van der Waals surface area (Å²) in [7, 11) is 0. The fraction of sp³-hybridized carbons (Fsp3) is 0.233. The predicted octanol–water partition coefficient (Wildman–Crippen LogP) is 3.11. The van der Waals surface area contributed by atoms with Gasteiger partial charge in [0.15, 0.2) is 11.4 Å². The molecule has 2 atom stereocenters. The third-order valence-corrected chi connectivity index (χ3v) is 6.78. The molecule has 0 bridgehead atoms. The molecule has 11 heteroatoms. The Morgan fingerprint density at radius 2 is 1.88 bits per heavy atom. The van der Waals surface area contributed by atoms with Crippen LogP contribution in [0.25, 0.3) is 0 Å². The van der Waals surface area contributed by atoms with Crippen LogP contribution in [0.3, 0.4) is 0 Å². The Morgan fingerprint density at radius 3 is 2.51 bits per heavy atom. The number of nitrogens with zero attached hydrogens (tertiary/aromatic N) is 3. The number of carbonyl (C=O) groups excluding carboxylic acids is 2. The topological polar surface area (TPSA) is 104 Å². The zero-order chi connectivity index (χ0) is 29.7. The molecule has 2 unspecified atom stereocenters. The first kappa shape index (κ1) is 29.2. The first-order chi connectivity index (χ1) is 19.7. The summed E-state index contributed by atoms with van der Waals surface area (Å²) in [6.07, 6.45) is 4.25. The number of aromatic nitrogens is 1. The van der Waals surface area contributed by atoms with Crippen molar-refractivity contribution >= 4 is 11.8 Å². The summed E-state index contributed by atoms with van der Waals surface area (Å²) in [4.78, 5) is 42.1. The van der Waals surface area contributed by atoms with Gasteiger partial charge < -0.3 is 20.1 Å². The number of hydrogen-bond donors (Lipinski definition) is 2. The molecule has 214 valence electrons. The average molecular weight is 565 g/mol. The lowest BCUT2D eigenvalue weighted by Crippen LogP contribution is -2.60. The quantitative estimate of drug-likeness (QED) is 0.347. The molecule has 0 saturated heterocycles. The van der Waals surface area contributed by atoms with Crippen LogP contribution in [-0.2, 0) is 13.2 Å². The molecule has 0 fully saturated rings. The van der Waals surface area contributed by atoms with Crippen LogP contribution in [0.2, 0.25) is 0 Å². The van der Waals surface area contributed by atoms with Gasteiger partial charge in [-0.05, 0) is 18.6 Å². The monoisotopic (exact) mass is 564 g/mol. The number of amides is 2. The van der Waals surface area contributed by atoms with Crippen LogP contribution in [0, 0.1) is 11.6 Å². The highest BCUT2D eigenvalue weighted by Crippen LogP contribution is 2.26. The fourth-order valence-electron chi connectivity index (χ4n) is 4.37. The van der Waals surface area contributed by atoms with Crippen LogP contribution in [0.4, 0.5) is 8.78 Å². The van der Waals surface area contributed by atoms with Crippen LogP contribution in [0.15, 0.2) is 84.8 Å². The van der Waals surface area contributed by atoms with Gasteiger partial charge in [-0.25, -0.2) is 8.78 Å². The molecule has 9 nitrogen and oxygen atoms in total. The third kappa shape index (κ3) is 6.04. The largest absolute Gasteiger partial charge is 0.482 e. The summed E-state index contributed by atoms with van der Waals surface area (Å²) < 4.78 is 34.8. The van der Waals surface area contributed by atoms with Crippen molar-refractivity contribution in [2.45, 2.75) is 32.2 Å². The molecule has 1 aromatic heterocycles. The van der Waals surface area contributed by atoms with Crippen molar-refractivity contribution in [1.82, 2.24) is 14.9 Å². The van der Waals surface area contributed by atoms with Gasteiger partial charge in [-0.1, -0.05) is 48.6 Å². The van der Waals surface area contributed by atoms with E-state index in [4.69, 9.17) is 4.74 Å². The molecule has 4 rings (SSSR count). The summed E-state index contributed by atoms with van der Waals surface area (Å²) in [6.45, 7) is 8.50. The maximum atomic E-state index is 14.2. The summed E-state index contributed by atoms with van der Waals surface area (Å²) in [5.74, 6) is -3.44. The first-order valence-corrected chi connectivity index (χ1v) is 12.8. The lowest BCUT2D eigenvalue weighted by molar-refractivity contribution is 0.0563. The van der Waals surface area contributed by atoms with E-state index in [2.05, 4.69) is 18.5 Å². The number of halogens is 2. The Labute approximate surface area is 235 Å². The summed E-state index contributed by atoms with van der Waals surface area (Å²) in [5, 5.41) is 14.1. The van der Waals surface area contributed by atoms with Crippen LogP contribution < -0.4 is 20.5 Å².